The SMILES string of the molecule is CCN1C[C@H](CN(C)C(=O)Nc2ccc(C3CCCCC3)cc2)CC1=O. The summed E-state index contributed by atoms with van der Waals surface area (Å²) in [5.41, 5.74) is 2.22. The van der Waals surface area contributed by atoms with E-state index in [0.29, 0.717) is 18.9 Å². The van der Waals surface area contributed by atoms with E-state index in [2.05, 4.69) is 17.4 Å². The van der Waals surface area contributed by atoms with Crippen LogP contribution in [-0.2, 0) is 4.79 Å². The topological polar surface area (TPSA) is 52.6 Å². The van der Waals surface area contributed by atoms with Crippen molar-refractivity contribution in [3.8, 4) is 0 Å². The highest BCUT2D eigenvalue weighted by Crippen LogP contribution is 2.33. The molecule has 0 bridgehead atoms. The second-order valence-electron chi connectivity index (χ2n) is 7.77. The van der Waals surface area contributed by atoms with Crippen LogP contribution in [0.3, 0.4) is 0 Å². The van der Waals surface area contributed by atoms with Gasteiger partial charge in [-0.2, -0.15) is 0 Å². The number of nitrogens with one attached hydrogen (secondary N) is 1. The summed E-state index contributed by atoms with van der Waals surface area (Å²) in [4.78, 5) is 27.8. The Bertz CT molecular complexity index is 623. The minimum atomic E-state index is -0.113. The maximum absolute atomic E-state index is 12.4. The van der Waals surface area contributed by atoms with Gasteiger partial charge in [0.15, 0.2) is 0 Å². The molecular formula is C21H31N3O2. The molecule has 1 heterocycles. The summed E-state index contributed by atoms with van der Waals surface area (Å²) in [6.45, 7) is 4.10. The lowest BCUT2D eigenvalue weighted by Crippen LogP contribution is -2.36. The zero-order chi connectivity index (χ0) is 18.5. The van der Waals surface area contributed by atoms with Gasteiger partial charge in [0.05, 0.1) is 0 Å². The Morgan fingerprint density at radius 2 is 1.88 bits per heavy atom. The second kappa shape index (κ2) is 8.56. The van der Waals surface area contributed by atoms with Gasteiger partial charge >= 0.3 is 6.03 Å². The summed E-state index contributed by atoms with van der Waals surface area (Å²) in [7, 11) is 1.80. The van der Waals surface area contributed by atoms with Crippen LogP contribution in [0, 0.1) is 5.92 Å². The Morgan fingerprint density at radius 3 is 2.50 bits per heavy atom. The maximum atomic E-state index is 12.4. The highest BCUT2D eigenvalue weighted by Gasteiger charge is 2.30. The Labute approximate surface area is 156 Å². The first kappa shape index (κ1) is 18.7. The number of likely N-dealkylation sites (tertiary alicyclic amines) is 1. The summed E-state index contributed by atoms with van der Waals surface area (Å²) in [5, 5.41) is 2.97. The first-order valence-corrected chi connectivity index (χ1v) is 9.96. The van der Waals surface area contributed by atoms with Crippen LogP contribution in [0.15, 0.2) is 24.3 Å². The Kier molecular flexibility index (Phi) is 6.17. The Morgan fingerprint density at radius 1 is 1.19 bits per heavy atom. The predicted molar refractivity (Wildman–Crippen MR) is 104 cm³/mol. The van der Waals surface area contributed by atoms with Crippen molar-refractivity contribution in [2.45, 2.75) is 51.4 Å². The van der Waals surface area contributed by atoms with Crippen molar-refractivity contribution in [2.24, 2.45) is 5.92 Å². The average molecular weight is 357 g/mol. The highest BCUT2D eigenvalue weighted by molar-refractivity contribution is 5.89. The molecule has 1 aliphatic carbocycles. The van der Waals surface area contributed by atoms with E-state index in [9.17, 15) is 9.59 Å². The lowest BCUT2D eigenvalue weighted by atomic mass is 9.84. The molecule has 3 rings (SSSR count). The minimum Gasteiger partial charge on any atom is -0.343 e. The van der Waals surface area contributed by atoms with E-state index >= 15 is 0 Å². The molecule has 1 aliphatic heterocycles. The molecule has 1 N–H and O–H groups in total. The smallest absolute Gasteiger partial charge is 0.321 e. The lowest BCUT2D eigenvalue weighted by molar-refractivity contribution is -0.127. The molecule has 1 atom stereocenters. The van der Waals surface area contributed by atoms with E-state index in [1.165, 1.54) is 37.7 Å². The second-order valence-corrected chi connectivity index (χ2v) is 7.77. The number of benzene rings is 1. The zero-order valence-electron chi connectivity index (χ0n) is 16.0. The molecule has 142 valence electrons. The normalized spacial score (nSPS) is 21.1. The first-order chi connectivity index (χ1) is 12.6. The molecule has 5 heteroatoms. The number of hydrogen-bond acceptors (Lipinski definition) is 2. The van der Waals surface area contributed by atoms with Crippen molar-refractivity contribution in [2.75, 3.05) is 32.0 Å². The number of anilines is 1. The number of rotatable bonds is 5. The first-order valence-electron chi connectivity index (χ1n) is 9.96. The van der Waals surface area contributed by atoms with Crippen molar-refractivity contribution < 1.29 is 9.59 Å². The van der Waals surface area contributed by atoms with Crippen molar-refractivity contribution in [1.82, 2.24) is 9.80 Å². The van der Waals surface area contributed by atoms with E-state index in [4.69, 9.17) is 0 Å². The van der Waals surface area contributed by atoms with Crippen LogP contribution < -0.4 is 5.32 Å². The van der Waals surface area contributed by atoms with Gasteiger partial charge in [0.1, 0.15) is 0 Å². The van der Waals surface area contributed by atoms with Crippen LogP contribution in [-0.4, -0.2) is 48.4 Å². The average Bonchev–Trinajstić information content (AvgIpc) is 3.02. The number of carbonyl (C=O) groups is 2. The third-order valence-electron chi connectivity index (χ3n) is 5.79. The standard InChI is InChI=1S/C21H31N3O2/c1-3-24-15-16(13-20(24)25)14-23(2)21(26)22-19-11-9-18(10-12-19)17-7-5-4-6-8-17/h9-12,16-17H,3-8,13-15H2,1-2H3,(H,22,26)/t16-/m0/s1. The highest BCUT2D eigenvalue weighted by atomic mass is 16.2. The van der Waals surface area contributed by atoms with E-state index in [0.717, 1.165) is 18.8 Å². The van der Waals surface area contributed by atoms with Gasteiger partial charge in [-0.25, -0.2) is 4.79 Å². The van der Waals surface area contributed by atoms with Crippen LogP contribution in [0.2, 0.25) is 0 Å². The van der Waals surface area contributed by atoms with Gasteiger partial charge in [0, 0.05) is 44.7 Å². The molecule has 0 aromatic heterocycles. The number of urea groups is 1. The van der Waals surface area contributed by atoms with Gasteiger partial charge in [-0.3, -0.25) is 4.79 Å². The van der Waals surface area contributed by atoms with Gasteiger partial charge in [0.2, 0.25) is 5.91 Å². The van der Waals surface area contributed by atoms with Gasteiger partial charge in [-0.15, -0.1) is 0 Å². The zero-order valence-corrected chi connectivity index (χ0v) is 16.0. The summed E-state index contributed by atoms with van der Waals surface area (Å²) in [6.07, 6.45) is 7.12. The molecule has 0 radical (unpaired) electrons. The van der Waals surface area contributed by atoms with Gasteiger partial charge in [-0.1, -0.05) is 31.4 Å². The van der Waals surface area contributed by atoms with Crippen LogP contribution in [0.25, 0.3) is 0 Å². The molecule has 5 nitrogen and oxygen atoms in total. The monoisotopic (exact) mass is 357 g/mol. The summed E-state index contributed by atoms with van der Waals surface area (Å²) < 4.78 is 0. The molecule has 26 heavy (non-hydrogen) atoms. The van der Waals surface area contributed by atoms with E-state index in [1.807, 2.05) is 24.0 Å². The molecule has 0 unspecified atom stereocenters. The number of amides is 3. The van der Waals surface area contributed by atoms with Crippen molar-refractivity contribution in [1.29, 1.82) is 0 Å². The summed E-state index contributed by atoms with van der Waals surface area (Å²) in [6, 6.07) is 8.21. The third-order valence-corrected chi connectivity index (χ3v) is 5.79. The molecule has 3 amide bonds. The molecule has 2 aliphatic rings. The summed E-state index contributed by atoms with van der Waals surface area (Å²) >= 11 is 0. The van der Waals surface area contributed by atoms with Crippen molar-refractivity contribution in [3.05, 3.63) is 29.8 Å². The van der Waals surface area contributed by atoms with Gasteiger partial charge in [0.25, 0.3) is 0 Å². The molecule has 0 spiro atoms. The van der Waals surface area contributed by atoms with Crippen LogP contribution in [0.5, 0.6) is 0 Å². The molecular weight excluding hydrogens is 326 g/mol. The molecule has 1 saturated heterocycles. The van der Waals surface area contributed by atoms with Gasteiger partial charge in [-0.05, 0) is 43.4 Å². The fourth-order valence-electron chi connectivity index (χ4n) is 4.25. The molecule has 1 saturated carbocycles. The molecule has 2 fully saturated rings. The number of nitrogens with zero attached hydrogens (tertiary/aromatic N) is 2. The number of carbonyl (C=O) groups excluding carboxylic acids is 2. The Hall–Kier alpha value is -2.04. The minimum absolute atomic E-state index is 0.113. The van der Waals surface area contributed by atoms with Crippen molar-refractivity contribution in [3.63, 3.8) is 0 Å². The van der Waals surface area contributed by atoms with E-state index in [-0.39, 0.29) is 17.9 Å². The van der Waals surface area contributed by atoms with E-state index in [1.54, 1.807) is 11.9 Å². The number of hydrogen-bond donors (Lipinski definition) is 1. The van der Waals surface area contributed by atoms with Crippen LogP contribution in [0.4, 0.5) is 10.5 Å². The quantitative estimate of drug-likeness (QED) is 0.864. The molecule has 1 aromatic carbocycles. The van der Waals surface area contributed by atoms with Crippen LogP contribution in [0.1, 0.15) is 56.9 Å². The van der Waals surface area contributed by atoms with Gasteiger partial charge < -0.3 is 15.1 Å². The van der Waals surface area contributed by atoms with Crippen LogP contribution >= 0.6 is 0 Å². The Balaban J connectivity index is 1.50. The predicted octanol–water partition coefficient (Wildman–Crippen LogP) is 4.07. The van der Waals surface area contributed by atoms with Crippen molar-refractivity contribution >= 4 is 17.6 Å². The largest absolute Gasteiger partial charge is 0.343 e. The third kappa shape index (κ3) is 4.57. The fourth-order valence-corrected chi connectivity index (χ4v) is 4.25. The molecule has 1 aromatic rings. The fraction of sp³-hybridized carbons (Fsp3) is 0.619. The van der Waals surface area contributed by atoms with E-state index < -0.39 is 0 Å². The maximum Gasteiger partial charge on any atom is 0.321 e. The summed E-state index contributed by atoms with van der Waals surface area (Å²) in [5.74, 6) is 1.11. The lowest BCUT2D eigenvalue weighted by Gasteiger charge is -2.23.